The van der Waals surface area contributed by atoms with E-state index in [4.69, 9.17) is 14.6 Å². The molecule has 124 valence electrons. The molecule has 0 spiro atoms. The van der Waals surface area contributed by atoms with E-state index in [0.717, 1.165) is 39.7 Å². The lowest BCUT2D eigenvalue weighted by atomic mass is 9.69. The smallest absolute Gasteiger partial charge is 0.226 e. The van der Waals surface area contributed by atoms with Crippen LogP contribution in [0.4, 0.5) is 0 Å². The van der Waals surface area contributed by atoms with Gasteiger partial charge in [0, 0.05) is 11.1 Å². The molecular formula is C21H18N2O2. The molecule has 0 radical (unpaired) electrons. The van der Waals surface area contributed by atoms with E-state index >= 15 is 0 Å². The number of hydrogen-bond acceptors (Lipinski definition) is 3. The Morgan fingerprint density at radius 1 is 1.04 bits per heavy atom. The van der Waals surface area contributed by atoms with Crippen molar-refractivity contribution in [1.29, 1.82) is 0 Å². The molecule has 0 saturated carbocycles. The van der Waals surface area contributed by atoms with E-state index in [2.05, 4.69) is 19.1 Å². The van der Waals surface area contributed by atoms with Gasteiger partial charge in [-0.3, -0.25) is 0 Å². The highest BCUT2D eigenvalue weighted by Gasteiger charge is 2.46. The maximum Gasteiger partial charge on any atom is 0.226 e. The van der Waals surface area contributed by atoms with E-state index < -0.39 is 0 Å². The first kappa shape index (κ1) is 14.3. The molecule has 0 unspecified atom stereocenters. The monoisotopic (exact) mass is 330 g/mol. The molecule has 2 aromatic carbocycles. The van der Waals surface area contributed by atoms with Gasteiger partial charge in [-0.1, -0.05) is 36.4 Å². The summed E-state index contributed by atoms with van der Waals surface area (Å²) in [6.07, 6.45) is 1.83. The Hall–Kier alpha value is -3.01. The van der Waals surface area contributed by atoms with Gasteiger partial charge in [0.15, 0.2) is 0 Å². The quantitative estimate of drug-likeness (QED) is 0.672. The summed E-state index contributed by atoms with van der Waals surface area (Å²) >= 11 is 0. The fraction of sp³-hybridized carbons (Fsp3) is 0.190. The molecule has 4 heteroatoms. The third kappa shape index (κ3) is 1.85. The van der Waals surface area contributed by atoms with Crippen LogP contribution in [0, 0.1) is 6.92 Å². The van der Waals surface area contributed by atoms with Crippen molar-refractivity contribution in [3.63, 3.8) is 0 Å². The Kier molecular flexibility index (Phi) is 2.86. The van der Waals surface area contributed by atoms with Gasteiger partial charge in [0.25, 0.3) is 0 Å². The molecule has 2 aliphatic rings. The fourth-order valence-electron chi connectivity index (χ4n) is 3.99. The Morgan fingerprint density at radius 3 is 2.64 bits per heavy atom. The van der Waals surface area contributed by atoms with Crippen molar-refractivity contribution in [2.24, 2.45) is 0 Å². The minimum atomic E-state index is -0.292. The van der Waals surface area contributed by atoms with Gasteiger partial charge in [-0.2, -0.15) is 5.10 Å². The molecule has 1 atom stereocenters. The van der Waals surface area contributed by atoms with Crippen molar-refractivity contribution in [2.75, 3.05) is 6.61 Å². The number of rotatable bonds is 1. The summed E-state index contributed by atoms with van der Waals surface area (Å²) in [5.41, 5.74) is 5.07. The molecule has 0 fully saturated rings. The molecule has 0 bridgehead atoms. The zero-order chi connectivity index (χ0) is 17.0. The predicted octanol–water partition coefficient (Wildman–Crippen LogP) is 4.16. The van der Waals surface area contributed by atoms with E-state index in [0.29, 0.717) is 6.61 Å². The summed E-state index contributed by atoms with van der Waals surface area (Å²) in [6, 6.07) is 18.3. The van der Waals surface area contributed by atoms with Crippen LogP contribution in [0.25, 0.3) is 5.69 Å². The van der Waals surface area contributed by atoms with Crippen LogP contribution in [0.15, 0.2) is 66.4 Å². The molecule has 3 aromatic rings. The van der Waals surface area contributed by atoms with Crippen molar-refractivity contribution in [3.05, 3.63) is 83.3 Å². The van der Waals surface area contributed by atoms with Crippen LogP contribution >= 0.6 is 0 Å². The van der Waals surface area contributed by atoms with Gasteiger partial charge in [0.1, 0.15) is 12.4 Å². The molecule has 4 nitrogen and oxygen atoms in total. The van der Waals surface area contributed by atoms with Gasteiger partial charge >= 0.3 is 0 Å². The molecule has 25 heavy (non-hydrogen) atoms. The zero-order valence-electron chi connectivity index (χ0n) is 14.2. The largest absolute Gasteiger partial charge is 0.489 e. The van der Waals surface area contributed by atoms with E-state index in [-0.39, 0.29) is 5.41 Å². The van der Waals surface area contributed by atoms with Gasteiger partial charge in [0.2, 0.25) is 5.88 Å². The number of fused-ring (bicyclic) bond motifs is 5. The number of hydrogen-bond donors (Lipinski definition) is 0. The number of nitrogens with zero attached hydrogens (tertiary/aromatic N) is 2. The zero-order valence-corrected chi connectivity index (χ0v) is 14.2. The second kappa shape index (κ2) is 4.99. The van der Waals surface area contributed by atoms with Crippen LogP contribution in [-0.4, -0.2) is 16.4 Å². The summed E-state index contributed by atoms with van der Waals surface area (Å²) in [4.78, 5) is 0. The first-order valence-corrected chi connectivity index (χ1v) is 8.43. The molecule has 0 N–H and O–H groups in total. The lowest BCUT2D eigenvalue weighted by molar-refractivity contribution is 0.280. The van der Waals surface area contributed by atoms with Gasteiger partial charge in [-0.25, -0.2) is 4.68 Å². The van der Waals surface area contributed by atoms with Crippen molar-refractivity contribution >= 4 is 0 Å². The molecule has 0 amide bonds. The van der Waals surface area contributed by atoms with E-state index in [1.165, 1.54) is 0 Å². The lowest BCUT2D eigenvalue weighted by Crippen LogP contribution is -2.37. The first-order chi connectivity index (χ1) is 12.2. The third-order valence-electron chi connectivity index (χ3n) is 5.28. The molecular weight excluding hydrogens is 312 g/mol. The maximum atomic E-state index is 6.04. The first-order valence-electron chi connectivity index (χ1n) is 8.43. The van der Waals surface area contributed by atoms with Crippen molar-refractivity contribution in [2.45, 2.75) is 19.3 Å². The molecule has 0 saturated heterocycles. The standard InChI is InChI=1S/C21H18N2O2/c1-14-19-20(23(22-14)16-8-4-3-5-9-16)25-13-15-12-24-18-11-7-6-10-17(18)21(15,19)2/h3-11,13H,12H2,1-2H3/t21-/m0/s1. The topological polar surface area (TPSA) is 36.3 Å². The van der Waals surface area contributed by atoms with Crippen LogP contribution in [0.3, 0.4) is 0 Å². The number of para-hydroxylation sites is 2. The van der Waals surface area contributed by atoms with Crippen molar-refractivity contribution < 1.29 is 9.47 Å². The number of aryl methyl sites for hydroxylation is 1. The summed E-state index contributed by atoms with van der Waals surface area (Å²) in [6.45, 7) is 4.82. The molecule has 0 aliphatic carbocycles. The molecule has 2 aliphatic heterocycles. The van der Waals surface area contributed by atoms with Crippen LogP contribution < -0.4 is 9.47 Å². The fourth-order valence-corrected chi connectivity index (χ4v) is 3.99. The van der Waals surface area contributed by atoms with Crippen LogP contribution in [0.5, 0.6) is 11.6 Å². The summed E-state index contributed by atoms with van der Waals surface area (Å²) in [5, 5.41) is 4.79. The number of aromatic nitrogens is 2. The van der Waals surface area contributed by atoms with Gasteiger partial charge in [0.05, 0.1) is 28.6 Å². The van der Waals surface area contributed by atoms with Crippen LogP contribution in [-0.2, 0) is 5.41 Å². The Balaban J connectivity index is 1.79. The van der Waals surface area contributed by atoms with Crippen molar-refractivity contribution in [1.82, 2.24) is 9.78 Å². The highest BCUT2D eigenvalue weighted by molar-refractivity contribution is 5.62. The SMILES string of the molecule is Cc1nn(-c2ccccc2)c2c1[C@@]1(C)C(=CO2)COc2ccccc21. The second-order valence-electron chi connectivity index (χ2n) is 6.68. The number of benzene rings is 2. The average molecular weight is 330 g/mol. The minimum absolute atomic E-state index is 0.292. The lowest BCUT2D eigenvalue weighted by Gasteiger charge is -2.40. The van der Waals surface area contributed by atoms with Gasteiger partial charge in [-0.05, 0) is 32.0 Å². The van der Waals surface area contributed by atoms with E-state index in [1.54, 1.807) is 0 Å². The van der Waals surface area contributed by atoms with E-state index in [1.807, 2.05) is 60.3 Å². The second-order valence-corrected chi connectivity index (χ2v) is 6.68. The van der Waals surface area contributed by atoms with Gasteiger partial charge < -0.3 is 9.47 Å². The summed E-state index contributed by atoms with van der Waals surface area (Å²) in [5.74, 6) is 1.72. The summed E-state index contributed by atoms with van der Waals surface area (Å²) in [7, 11) is 0. The highest BCUT2D eigenvalue weighted by atomic mass is 16.5. The normalized spacial score (nSPS) is 20.5. The Labute approximate surface area is 146 Å². The summed E-state index contributed by atoms with van der Waals surface area (Å²) < 4.78 is 13.9. The van der Waals surface area contributed by atoms with Crippen LogP contribution in [0.1, 0.15) is 23.7 Å². The molecule has 5 rings (SSSR count). The third-order valence-corrected chi connectivity index (χ3v) is 5.28. The van der Waals surface area contributed by atoms with Crippen molar-refractivity contribution in [3.8, 4) is 17.3 Å². The van der Waals surface area contributed by atoms with Gasteiger partial charge in [-0.15, -0.1) is 0 Å². The Morgan fingerprint density at radius 2 is 1.80 bits per heavy atom. The maximum absolute atomic E-state index is 6.04. The van der Waals surface area contributed by atoms with Crippen LogP contribution in [0.2, 0.25) is 0 Å². The predicted molar refractivity (Wildman–Crippen MR) is 95.4 cm³/mol. The molecule has 3 heterocycles. The Bertz CT molecular complexity index is 1000. The molecule has 1 aromatic heterocycles. The highest BCUT2D eigenvalue weighted by Crippen LogP contribution is 2.52. The number of ether oxygens (including phenoxy) is 2. The van der Waals surface area contributed by atoms with E-state index in [9.17, 15) is 0 Å². The minimum Gasteiger partial charge on any atom is -0.489 e. The average Bonchev–Trinajstić information content (AvgIpc) is 3.00.